The maximum absolute atomic E-state index is 14.8. The third-order valence-electron chi connectivity index (χ3n) is 6.64. The van der Waals surface area contributed by atoms with Crippen LogP contribution in [-0.4, -0.2) is 32.0 Å². The zero-order chi connectivity index (χ0) is 25.9. The van der Waals surface area contributed by atoms with Crippen LogP contribution in [-0.2, 0) is 4.79 Å². The highest BCUT2D eigenvalue weighted by molar-refractivity contribution is 7.80. The number of hydrogen-bond acceptors (Lipinski definition) is 3. The summed E-state index contributed by atoms with van der Waals surface area (Å²) in [5.41, 5.74) is 5.02. The summed E-state index contributed by atoms with van der Waals surface area (Å²) >= 11 is 5.75. The average Bonchev–Trinajstić information content (AvgIpc) is 3.50. The molecule has 0 bridgehead atoms. The summed E-state index contributed by atoms with van der Waals surface area (Å²) in [6.07, 6.45) is 3.82. The first-order chi connectivity index (χ1) is 17.9. The molecule has 4 aromatic rings. The zero-order valence-corrected chi connectivity index (χ0v) is 21.5. The van der Waals surface area contributed by atoms with Crippen LogP contribution in [0.3, 0.4) is 0 Å². The molecule has 1 amide bonds. The normalized spacial score (nSPS) is 17.1. The average molecular weight is 514 g/mol. The Bertz CT molecular complexity index is 1440. The maximum atomic E-state index is 14.8. The molecule has 2 aromatic carbocycles. The van der Waals surface area contributed by atoms with Gasteiger partial charge in [0.05, 0.1) is 23.5 Å². The Balaban J connectivity index is 1.45. The summed E-state index contributed by atoms with van der Waals surface area (Å²) in [7, 11) is 0. The van der Waals surface area contributed by atoms with Crippen molar-refractivity contribution in [3.8, 4) is 5.69 Å². The van der Waals surface area contributed by atoms with Crippen molar-refractivity contribution in [2.75, 3.05) is 11.9 Å². The van der Waals surface area contributed by atoms with Gasteiger partial charge in [-0.3, -0.25) is 9.78 Å². The Hall–Kier alpha value is -4.04. The Morgan fingerprint density at radius 3 is 2.68 bits per heavy atom. The molecule has 0 unspecified atom stereocenters. The van der Waals surface area contributed by atoms with Crippen molar-refractivity contribution in [1.29, 1.82) is 0 Å². The van der Waals surface area contributed by atoms with Crippen LogP contribution in [0.25, 0.3) is 5.69 Å². The van der Waals surface area contributed by atoms with E-state index in [-0.39, 0.29) is 30.2 Å². The monoisotopic (exact) mass is 513 g/mol. The minimum atomic E-state index is -0.317. The van der Waals surface area contributed by atoms with Gasteiger partial charge in [0.25, 0.3) is 0 Å². The lowest BCUT2D eigenvalue weighted by Gasteiger charge is -2.29. The number of aromatic nitrogens is 2. The van der Waals surface area contributed by atoms with Crippen LogP contribution in [0.15, 0.2) is 85.2 Å². The number of hydrogen-bond donors (Lipinski definition) is 2. The second-order valence-electron chi connectivity index (χ2n) is 9.19. The van der Waals surface area contributed by atoms with Crippen molar-refractivity contribution < 1.29 is 9.18 Å². The third kappa shape index (κ3) is 5.11. The molecule has 188 valence electrons. The van der Waals surface area contributed by atoms with Gasteiger partial charge < -0.3 is 20.1 Å². The van der Waals surface area contributed by atoms with Crippen LogP contribution >= 0.6 is 12.2 Å². The van der Waals surface area contributed by atoms with Crippen molar-refractivity contribution in [2.45, 2.75) is 32.4 Å². The Morgan fingerprint density at radius 1 is 1.08 bits per heavy atom. The molecule has 3 heterocycles. The van der Waals surface area contributed by atoms with Crippen molar-refractivity contribution in [3.63, 3.8) is 0 Å². The van der Waals surface area contributed by atoms with E-state index in [1.807, 2.05) is 84.1 Å². The van der Waals surface area contributed by atoms with Crippen LogP contribution in [0, 0.1) is 19.7 Å². The highest BCUT2D eigenvalue weighted by atomic mass is 32.1. The molecule has 1 aliphatic heterocycles. The molecule has 2 N–H and O–H groups in total. The highest BCUT2D eigenvalue weighted by Gasteiger charge is 2.41. The molecule has 2 atom stereocenters. The van der Waals surface area contributed by atoms with Gasteiger partial charge in [-0.25, -0.2) is 4.39 Å². The predicted molar refractivity (Wildman–Crippen MR) is 147 cm³/mol. The number of para-hydroxylation sites is 1. The molecule has 0 aliphatic carbocycles. The summed E-state index contributed by atoms with van der Waals surface area (Å²) in [5, 5.41) is 6.96. The molecule has 6 nitrogen and oxygen atoms in total. The number of anilines is 1. The summed E-state index contributed by atoms with van der Waals surface area (Å²) < 4.78 is 16.6. The topological polar surface area (TPSA) is 62.2 Å². The largest absolute Gasteiger partial charge is 0.352 e. The van der Waals surface area contributed by atoms with Gasteiger partial charge in [-0.2, -0.15) is 0 Å². The molecule has 1 saturated heterocycles. The number of carbonyl (C=O) groups excluding carboxylic acids is 1. The van der Waals surface area contributed by atoms with E-state index in [1.165, 1.54) is 6.07 Å². The molecule has 8 heteroatoms. The summed E-state index contributed by atoms with van der Waals surface area (Å²) in [4.78, 5) is 19.5. The number of aryl methyl sites for hydroxylation is 2. The second kappa shape index (κ2) is 10.5. The van der Waals surface area contributed by atoms with Gasteiger partial charge in [-0.15, -0.1) is 0 Å². The highest BCUT2D eigenvalue weighted by Crippen LogP contribution is 2.39. The number of nitrogens with one attached hydrogen (secondary N) is 2. The molecular weight excluding hydrogens is 485 g/mol. The van der Waals surface area contributed by atoms with E-state index in [2.05, 4.69) is 15.6 Å². The first-order valence-corrected chi connectivity index (χ1v) is 12.6. The van der Waals surface area contributed by atoms with Crippen LogP contribution in [0.5, 0.6) is 0 Å². The molecule has 5 rings (SSSR count). The quantitative estimate of drug-likeness (QED) is 0.314. The fraction of sp³-hybridized carbons (Fsp3) is 0.207. The van der Waals surface area contributed by atoms with E-state index in [1.54, 1.807) is 18.3 Å². The van der Waals surface area contributed by atoms with Gasteiger partial charge >= 0.3 is 0 Å². The number of carbonyl (C=O) groups is 1. The molecule has 0 radical (unpaired) electrons. The molecular formula is C29H28FN5OS. The number of pyridine rings is 1. The van der Waals surface area contributed by atoms with Gasteiger partial charge in [0.15, 0.2) is 5.11 Å². The molecule has 2 aromatic heterocycles. The third-order valence-corrected chi connectivity index (χ3v) is 6.99. The smallest absolute Gasteiger partial charge is 0.226 e. The number of rotatable bonds is 7. The number of nitrogens with zero attached hydrogens (tertiary/aromatic N) is 3. The lowest BCUT2D eigenvalue weighted by atomic mass is 10.0. The summed E-state index contributed by atoms with van der Waals surface area (Å²) in [6.45, 7) is 4.36. The van der Waals surface area contributed by atoms with Crippen molar-refractivity contribution in [2.24, 2.45) is 0 Å². The minimum Gasteiger partial charge on any atom is -0.352 e. The number of thiocarbonyl (C=S) groups is 1. The lowest BCUT2D eigenvalue weighted by molar-refractivity contribution is -0.116. The molecule has 1 aliphatic rings. The first-order valence-electron chi connectivity index (χ1n) is 12.2. The Morgan fingerprint density at radius 2 is 1.89 bits per heavy atom. The zero-order valence-electron chi connectivity index (χ0n) is 20.7. The summed E-state index contributed by atoms with van der Waals surface area (Å²) in [6, 6.07) is 21.7. The predicted octanol–water partition coefficient (Wildman–Crippen LogP) is 5.63. The van der Waals surface area contributed by atoms with Gasteiger partial charge in [0.2, 0.25) is 5.91 Å². The molecule has 0 saturated carbocycles. The van der Waals surface area contributed by atoms with E-state index in [4.69, 9.17) is 12.2 Å². The van der Waals surface area contributed by atoms with Crippen molar-refractivity contribution >= 4 is 28.9 Å². The van der Waals surface area contributed by atoms with Crippen LogP contribution in [0.4, 0.5) is 10.1 Å². The van der Waals surface area contributed by atoms with Gasteiger partial charge in [0, 0.05) is 36.7 Å². The SMILES string of the molecule is Cc1ccc(C)c(NC(=O)CCN2C(=S)N[C@@H](c3ccccn3)[C@@H]2c2cccn2-c2ccccc2F)c1. The number of halogens is 1. The first kappa shape index (κ1) is 24.6. The minimum absolute atomic E-state index is 0.0963. The van der Waals surface area contributed by atoms with E-state index in [0.717, 1.165) is 28.2 Å². The van der Waals surface area contributed by atoms with Gasteiger partial charge in [-0.05, 0) is 79.7 Å². The van der Waals surface area contributed by atoms with Crippen LogP contribution < -0.4 is 10.6 Å². The van der Waals surface area contributed by atoms with Gasteiger partial charge in [0.1, 0.15) is 5.82 Å². The second-order valence-corrected chi connectivity index (χ2v) is 9.58. The van der Waals surface area contributed by atoms with E-state index < -0.39 is 0 Å². The fourth-order valence-electron chi connectivity index (χ4n) is 4.77. The number of benzene rings is 2. The van der Waals surface area contributed by atoms with Crippen LogP contribution in [0.2, 0.25) is 0 Å². The van der Waals surface area contributed by atoms with Gasteiger partial charge in [-0.1, -0.05) is 30.3 Å². The Kier molecular flexibility index (Phi) is 7.01. The number of amides is 1. The van der Waals surface area contributed by atoms with Crippen molar-refractivity contribution in [3.05, 3.63) is 114 Å². The molecule has 0 spiro atoms. The Labute approximate surface area is 221 Å². The fourth-order valence-corrected chi connectivity index (χ4v) is 5.11. The lowest BCUT2D eigenvalue weighted by Crippen LogP contribution is -2.33. The summed E-state index contributed by atoms with van der Waals surface area (Å²) in [5.74, 6) is -0.414. The molecule has 37 heavy (non-hydrogen) atoms. The van der Waals surface area contributed by atoms with E-state index in [9.17, 15) is 9.18 Å². The van der Waals surface area contributed by atoms with E-state index >= 15 is 0 Å². The van der Waals surface area contributed by atoms with Crippen LogP contribution in [0.1, 0.15) is 41.0 Å². The van der Waals surface area contributed by atoms with Crippen molar-refractivity contribution in [1.82, 2.24) is 19.8 Å². The standard InChI is InChI=1S/C29H28FN5OS/c1-19-12-13-20(2)23(18-19)32-26(36)14-17-35-28(27(33-29(35)37)22-9-5-6-15-31-22)25-11-7-16-34(25)24-10-4-3-8-21(24)30/h3-13,15-16,18,27-28H,14,17H2,1-2H3,(H,32,36)(H,33,37)/t27-,28-/m0/s1. The van der Waals surface area contributed by atoms with E-state index in [0.29, 0.717) is 17.3 Å². The molecule has 1 fully saturated rings. The maximum Gasteiger partial charge on any atom is 0.226 e.